The van der Waals surface area contributed by atoms with Gasteiger partial charge in [0.05, 0.1) is 0 Å². The van der Waals surface area contributed by atoms with Crippen molar-refractivity contribution in [1.29, 1.82) is 0 Å². The molecule has 0 nitrogen and oxygen atoms in total. The summed E-state index contributed by atoms with van der Waals surface area (Å²) in [5, 5.41) is 0. The van der Waals surface area contributed by atoms with Crippen LogP contribution >= 0.6 is 0 Å². The molecule has 94 valence electrons. The largest absolute Gasteiger partial charge is 0.0836 e. The standard InChI is InChI=1S/C13H14.2C2H6/c1-11-7-9-13(10-8-11)12-5-3-2-4-6-12;2*1-2/h3,5-10H,2,4H2,1H3;2*1-2H3. The quantitative estimate of drug-likeness (QED) is 0.573. The molecule has 0 unspecified atom stereocenters. The third kappa shape index (κ3) is 5.53. The topological polar surface area (TPSA) is 0 Å². The predicted octanol–water partition coefficient (Wildman–Crippen LogP) is 5.78. The Kier molecular flexibility index (Phi) is 9.14. The van der Waals surface area contributed by atoms with Crippen molar-refractivity contribution < 1.29 is 0 Å². The van der Waals surface area contributed by atoms with Crippen LogP contribution in [0.4, 0.5) is 0 Å². The normalized spacial score (nSPS) is 12.6. The second-order valence-corrected chi connectivity index (χ2v) is 3.51. The molecule has 0 N–H and O–H groups in total. The van der Waals surface area contributed by atoms with Crippen molar-refractivity contribution in [2.24, 2.45) is 0 Å². The number of rotatable bonds is 1. The van der Waals surface area contributed by atoms with Crippen LogP contribution in [-0.2, 0) is 0 Å². The van der Waals surface area contributed by atoms with Gasteiger partial charge in [-0.25, -0.2) is 0 Å². The van der Waals surface area contributed by atoms with E-state index in [1.807, 2.05) is 27.7 Å². The number of hydrogen-bond acceptors (Lipinski definition) is 0. The van der Waals surface area contributed by atoms with Gasteiger partial charge in [0.25, 0.3) is 0 Å². The Balaban J connectivity index is 0.000000581. The first-order valence-corrected chi connectivity index (χ1v) is 6.80. The summed E-state index contributed by atoms with van der Waals surface area (Å²) >= 11 is 0. The summed E-state index contributed by atoms with van der Waals surface area (Å²) in [6, 6.07) is 8.71. The van der Waals surface area contributed by atoms with Crippen LogP contribution in [0.15, 0.2) is 42.5 Å². The monoisotopic (exact) mass is 230 g/mol. The molecular formula is C17H26. The maximum atomic E-state index is 2.31. The lowest BCUT2D eigenvalue weighted by Crippen LogP contribution is -1.85. The molecular weight excluding hydrogens is 204 g/mol. The molecule has 1 aromatic rings. The van der Waals surface area contributed by atoms with E-state index in [0.29, 0.717) is 0 Å². The molecule has 1 aliphatic carbocycles. The maximum absolute atomic E-state index is 2.31. The first kappa shape index (κ1) is 15.7. The van der Waals surface area contributed by atoms with E-state index < -0.39 is 0 Å². The van der Waals surface area contributed by atoms with Gasteiger partial charge in [0, 0.05) is 0 Å². The van der Waals surface area contributed by atoms with Gasteiger partial charge in [-0.3, -0.25) is 0 Å². The molecule has 0 fully saturated rings. The van der Waals surface area contributed by atoms with E-state index in [2.05, 4.69) is 49.4 Å². The number of allylic oxidation sites excluding steroid dienone is 4. The molecule has 0 aliphatic heterocycles. The van der Waals surface area contributed by atoms with Gasteiger partial charge in [-0.1, -0.05) is 75.8 Å². The third-order valence-electron chi connectivity index (χ3n) is 2.38. The zero-order valence-electron chi connectivity index (χ0n) is 12.0. The van der Waals surface area contributed by atoms with Gasteiger partial charge in [-0.15, -0.1) is 0 Å². The average Bonchev–Trinajstić information content (AvgIpc) is 2.45. The second-order valence-electron chi connectivity index (χ2n) is 3.51. The molecule has 1 aliphatic rings. The zero-order valence-corrected chi connectivity index (χ0v) is 12.0. The van der Waals surface area contributed by atoms with Gasteiger partial charge < -0.3 is 0 Å². The summed E-state index contributed by atoms with van der Waals surface area (Å²) in [5.41, 5.74) is 4.02. The highest BCUT2D eigenvalue weighted by Crippen LogP contribution is 2.21. The van der Waals surface area contributed by atoms with E-state index in [4.69, 9.17) is 0 Å². The van der Waals surface area contributed by atoms with Gasteiger partial charge in [0.2, 0.25) is 0 Å². The lowest BCUT2D eigenvalue weighted by atomic mass is 9.99. The Bertz CT molecular complexity index is 339. The Morgan fingerprint density at radius 2 is 1.41 bits per heavy atom. The molecule has 17 heavy (non-hydrogen) atoms. The van der Waals surface area contributed by atoms with Crippen LogP contribution in [-0.4, -0.2) is 0 Å². The Morgan fingerprint density at radius 1 is 0.824 bits per heavy atom. The Labute approximate surface area is 107 Å². The van der Waals surface area contributed by atoms with Crippen LogP contribution in [0.1, 0.15) is 51.7 Å². The molecule has 0 saturated heterocycles. The molecule has 0 bridgehead atoms. The SMILES string of the molecule is CC.CC.Cc1ccc(C2=CCCC=C2)cc1. The highest BCUT2D eigenvalue weighted by molar-refractivity contribution is 5.74. The minimum absolute atomic E-state index is 1.18. The lowest BCUT2D eigenvalue weighted by Gasteiger charge is -2.06. The van der Waals surface area contributed by atoms with Gasteiger partial charge in [0.1, 0.15) is 0 Å². The molecule has 0 atom stereocenters. The fourth-order valence-corrected chi connectivity index (χ4v) is 1.57. The van der Waals surface area contributed by atoms with Crippen molar-refractivity contribution in [2.75, 3.05) is 0 Å². The van der Waals surface area contributed by atoms with Gasteiger partial charge in [-0.05, 0) is 30.9 Å². The van der Waals surface area contributed by atoms with Crippen LogP contribution < -0.4 is 0 Å². The summed E-state index contributed by atoms with van der Waals surface area (Å²) in [6.45, 7) is 10.1. The van der Waals surface area contributed by atoms with Gasteiger partial charge in [0.15, 0.2) is 0 Å². The molecule has 0 amide bonds. The number of benzene rings is 1. The first-order chi connectivity index (χ1) is 8.36. The van der Waals surface area contributed by atoms with E-state index >= 15 is 0 Å². The van der Waals surface area contributed by atoms with E-state index in [1.54, 1.807) is 0 Å². The Morgan fingerprint density at radius 3 is 1.88 bits per heavy atom. The van der Waals surface area contributed by atoms with Crippen molar-refractivity contribution in [2.45, 2.75) is 47.5 Å². The minimum atomic E-state index is 1.18. The fraction of sp³-hybridized carbons (Fsp3) is 0.412. The predicted molar refractivity (Wildman–Crippen MR) is 80.2 cm³/mol. The van der Waals surface area contributed by atoms with Crippen LogP contribution in [0.2, 0.25) is 0 Å². The molecule has 0 heterocycles. The zero-order chi connectivity index (χ0) is 13.1. The number of aryl methyl sites for hydroxylation is 1. The molecule has 2 rings (SSSR count). The Hall–Kier alpha value is -1.30. The van der Waals surface area contributed by atoms with Crippen LogP contribution in [0, 0.1) is 6.92 Å². The summed E-state index contributed by atoms with van der Waals surface area (Å²) in [4.78, 5) is 0. The molecule has 1 aromatic carbocycles. The molecule has 0 saturated carbocycles. The number of hydrogen-bond donors (Lipinski definition) is 0. The summed E-state index contributed by atoms with van der Waals surface area (Å²) in [6.07, 6.45) is 9.14. The van der Waals surface area contributed by atoms with E-state index in [0.717, 1.165) is 0 Å². The van der Waals surface area contributed by atoms with Crippen molar-refractivity contribution in [1.82, 2.24) is 0 Å². The smallest absolute Gasteiger partial charge is 0.0187 e. The van der Waals surface area contributed by atoms with Crippen molar-refractivity contribution >= 4 is 5.57 Å². The van der Waals surface area contributed by atoms with Gasteiger partial charge >= 0.3 is 0 Å². The van der Waals surface area contributed by atoms with E-state index in [-0.39, 0.29) is 0 Å². The van der Waals surface area contributed by atoms with Crippen molar-refractivity contribution in [3.8, 4) is 0 Å². The van der Waals surface area contributed by atoms with Crippen LogP contribution in [0.25, 0.3) is 5.57 Å². The molecule has 0 spiro atoms. The second kappa shape index (κ2) is 9.89. The summed E-state index contributed by atoms with van der Waals surface area (Å²) in [5.74, 6) is 0. The summed E-state index contributed by atoms with van der Waals surface area (Å²) in [7, 11) is 0. The highest BCUT2D eigenvalue weighted by Gasteiger charge is 1.99. The van der Waals surface area contributed by atoms with E-state index in [9.17, 15) is 0 Å². The maximum Gasteiger partial charge on any atom is -0.0187 e. The minimum Gasteiger partial charge on any atom is -0.0836 e. The average molecular weight is 230 g/mol. The lowest BCUT2D eigenvalue weighted by molar-refractivity contribution is 1.04. The highest BCUT2D eigenvalue weighted by atomic mass is 14.0. The van der Waals surface area contributed by atoms with Crippen LogP contribution in [0.5, 0.6) is 0 Å². The fourth-order valence-electron chi connectivity index (χ4n) is 1.57. The van der Waals surface area contributed by atoms with Crippen LogP contribution in [0.3, 0.4) is 0 Å². The summed E-state index contributed by atoms with van der Waals surface area (Å²) < 4.78 is 0. The molecule has 0 aromatic heterocycles. The third-order valence-corrected chi connectivity index (χ3v) is 2.38. The molecule has 0 radical (unpaired) electrons. The van der Waals surface area contributed by atoms with E-state index in [1.165, 1.54) is 29.5 Å². The molecule has 0 heteroatoms. The van der Waals surface area contributed by atoms with Gasteiger partial charge in [-0.2, -0.15) is 0 Å². The van der Waals surface area contributed by atoms with Crippen molar-refractivity contribution in [3.63, 3.8) is 0 Å². The first-order valence-electron chi connectivity index (χ1n) is 6.80. The van der Waals surface area contributed by atoms with Crippen molar-refractivity contribution in [3.05, 3.63) is 53.6 Å².